The lowest BCUT2D eigenvalue weighted by Gasteiger charge is -2.16. The van der Waals surface area contributed by atoms with Crippen LogP contribution in [0.25, 0.3) is 0 Å². The van der Waals surface area contributed by atoms with E-state index in [2.05, 4.69) is 4.74 Å². The van der Waals surface area contributed by atoms with Crippen LogP contribution in [0.15, 0.2) is 18.2 Å². The van der Waals surface area contributed by atoms with Crippen LogP contribution in [-0.2, 0) is 0 Å². The summed E-state index contributed by atoms with van der Waals surface area (Å²) in [6.07, 6.45) is -3.86. The van der Waals surface area contributed by atoms with Gasteiger partial charge in [-0.15, -0.1) is 0 Å². The van der Waals surface area contributed by atoms with E-state index in [1.807, 2.05) is 0 Å². The van der Waals surface area contributed by atoms with Gasteiger partial charge in [0, 0.05) is 6.04 Å². The topological polar surface area (TPSA) is 35.2 Å². The molecular weight excluding hydrogens is 257 g/mol. The molecule has 1 aromatic rings. The lowest BCUT2D eigenvalue weighted by Crippen LogP contribution is -2.33. The first-order valence-electron chi connectivity index (χ1n) is 5.08. The van der Waals surface area contributed by atoms with E-state index in [4.69, 9.17) is 5.73 Å². The monoisotopic (exact) mass is 269 g/mol. The number of rotatable bonds is 5. The molecule has 0 spiro atoms. The van der Waals surface area contributed by atoms with Crippen LogP contribution < -0.4 is 10.5 Å². The molecule has 0 bridgehead atoms. The fraction of sp³-hybridized carbons (Fsp3) is 0.455. The summed E-state index contributed by atoms with van der Waals surface area (Å²) in [7, 11) is 0. The van der Waals surface area contributed by atoms with Gasteiger partial charge in [-0.25, -0.2) is 13.2 Å². The zero-order chi connectivity index (χ0) is 13.9. The minimum Gasteiger partial charge on any atom is -0.484 e. The largest absolute Gasteiger partial charge is 0.484 e. The Bertz CT molecular complexity index is 408. The average molecular weight is 269 g/mol. The molecule has 0 aliphatic carbocycles. The van der Waals surface area contributed by atoms with Crippen molar-refractivity contribution in [3.8, 4) is 5.75 Å². The lowest BCUT2D eigenvalue weighted by atomic mass is 10.1. The standard InChI is InChI=1S/C11H12F5NO/c1-6(17)7-2-3-9(8(12)4-7)18-5-11(15,16)10(13)14/h2-4,6,10H,5,17H2,1H3. The van der Waals surface area contributed by atoms with Crippen molar-refractivity contribution < 1.29 is 26.7 Å². The Labute approximate surface area is 101 Å². The van der Waals surface area contributed by atoms with Crippen LogP contribution >= 0.6 is 0 Å². The molecule has 0 aliphatic heterocycles. The summed E-state index contributed by atoms with van der Waals surface area (Å²) in [6, 6.07) is 3.04. The molecule has 18 heavy (non-hydrogen) atoms. The predicted octanol–water partition coefficient (Wildman–Crippen LogP) is 3.12. The molecule has 0 saturated carbocycles. The van der Waals surface area contributed by atoms with Gasteiger partial charge in [0.15, 0.2) is 18.2 Å². The summed E-state index contributed by atoms with van der Waals surface area (Å²) in [4.78, 5) is 0. The van der Waals surface area contributed by atoms with E-state index in [0.717, 1.165) is 12.1 Å². The first-order chi connectivity index (χ1) is 8.24. The van der Waals surface area contributed by atoms with E-state index < -0.39 is 36.6 Å². The summed E-state index contributed by atoms with van der Waals surface area (Å²) in [5, 5.41) is 0. The Morgan fingerprint density at radius 1 is 1.33 bits per heavy atom. The summed E-state index contributed by atoms with van der Waals surface area (Å²) in [5.41, 5.74) is 5.93. The zero-order valence-corrected chi connectivity index (χ0v) is 9.47. The van der Waals surface area contributed by atoms with E-state index in [1.165, 1.54) is 6.07 Å². The zero-order valence-electron chi connectivity index (χ0n) is 9.47. The van der Waals surface area contributed by atoms with Crippen LogP contribution in [0.3, 0.4) is 0 Å². The van der Waals surface area contributed by atoms with Crippen LogP contribution in [0.2, 0.25) is 0 Å². The maximum atomic E-state index is 13.4. The van der Waals surface area contributed by atoms with Gasteiger partial charge in [0.1, 0.15) is 0 Å². The third-order valence-electron chi connectivity index (χ3n) is 2.22. The summed E-state index contributed by atoms with van der Waals surface area (Å²) < 4.78 is 66.5. The molecule has 0 amide bonds. The first kappa shape index (κ1) is 14.7. The fourth-order valence-electron chi connectivity index (χ4n) is 1.15. The Morgan fingerprint density at radius 3 is 2.39 bits per heavy atom. The highest BCUT2D eigenvalue weighted by atomic mass is 19.3. The van der Waals surface area contributed by atoms with Gasteiger partial charge < -0.3 is 10.5 Å². The van der Waals surface area contributed by atoms with Gasteiger partial charge in [-0.3, -0.25) is 0 Å². The Hall–Kier alpha value is -1.37. The number of alkyl halides is 4. The number of hydrogen-bond donors (Lipinski definition) is 1. The molecule has 0 fully saturated rings. The van der Waals surface area contributed by atoms with Gasteiger partial charge in [0.05, 0.1) is 0 Å². The quantitative estimate of drug-likeness (QED) is 0.833. The Morgan fingerprint density at radius 2 is 1.94 bits per heavy atom. The van der Waals surface area contributed by atoms with Crippen molar-refractivity contribution in [2.75, 3.05) is 6.61 Å². The third kappa shape index (κ3) is 3.56. The van der Waals surface area contributed by atoms with E-state index >= 15 is 0 Å². The molecule has 102 valence electrons. The van der Waals surface area contributed by atoms with Crippen molar-refractivity contribution in [1.82, 2.24) is 0 Å². The van der Waals surface area contributed by atoms with E-state index in [0.29, 0.717) is 5.56 Å². The molecule has 7 heteroatoms. The van der Waals surface area contributed by atoms with Crippen molar-refractivity contribution in [3.05, 3.63) is 29.6 Å². The number of benzene rings is 1. The number of nitrogens with two attached hydrogens (primary N) is 1. The molecule has 1 rings (SSSR count). The van der Waals surface area contributed by atoms with Crippen molar-refractivity contribution in [2.45, 2.75) is 25.3 Å². The van der Waals surface area contributed by atoms with Gasteiger partial charge in [-0.05, 0) is 24.6 Å². The second kappa shape index (κ2) is 5.51. The molecule has 0 radical (unpaired) electrons. The number of halogens is 5. The maximum Gasteiger partial charge on any atom is 0.340 e. The van der Waals surface area contributed by atoms with Gasteiger partial charge in [-0.2, -0.15) is 8.78 Å². The van der Waals surface area contributed by atoms with E-state index in [9.17, 15) is 22.0 Å². The lowest BCUT2D eigenvalue weighted by molar-refractivity contribution is -0.148. The summed E-state index contributed by atoms with van der Waals surface area (Å²) >= 11 is 0. The van der Waals surface area contributed by atoms with Crippen molar-refractivity contribution >= 4 is 0 Å². The normalized spacial score (nSPS) is 13.8. The molecule has 0 aromatic heterocycles. The van der Waals surface area contributed by atoms with Crippen molar-refractivity contribution in [3.63, 3.8) is 0 Å². The van der Waals surface area contributed by atoms with Crippen LogP contribution in [0.5, 0.6) is 5.75 Å². The predicted molar refractivity (Wildman–Crippen MR) is 55.4 cm³/mol. The van der Waals surface area contributed by atoms with Gasteiger partial charge in [0.25, 0.3) is 0 Å². The molecule has 0 saturated heterocycles. The second-order valence-corrected chi connectivity index (χ2v) is 3.83. The van der Waals surface area contributed by atoms with Crippen molar-refractivity contribution in [2.24, 2.45) is 5.73 Å². The van der Waals surface area contributed by atoms with Crippen LogP contribution in [0.4, 0.5) is 22.0 Å². The highest BCUT2D eigenvalue weighted by molar-refractivity contribution is 5.30. The molecule has 1 aromatic carbocycles. The second-order valence-electron chi connectivity index (χ2n) is 3.83. The third-order valence-corrected chi connectivity index (χ3v) is 2.22. The molecule has 1 atom stereocenters. The van der Waals surface area contributed by atoms with Crippen LogP contribution in [0, 0.1) is 5.82 Å². The maximum absolute atomic E-state index is 13.4. The van der Waals surface area contributed by atoms with Gasteiger partial charge >= 0.3 is 12.3 Å². The van der Waals surface area contributed by atoms with Crippen LogP contribution in [0.1, 0.15) is 18.5 Å². The van der Waals surface area contributed by atoms with Crippen LogP contribution in [-0.4, -0.2) is 19.0 Å². The average Bonchev–Trinajstić information content (AvgIpc) is 2.26. The summed E-state index contributed by atoms with van der Waals surface area (Å²) in [6.45, 7) is 0.0271. The van der Waals surface area contributed by atoms with E-state index in [-0.39, 0.29) is 0 Å². The fourth-order valence-corrected chi connectivity index (χ4v) is 1.15. The Kier molecular flexibility index (Phi) is 4.50. The van der Waals surface area contributed by atoms with Gasteiger partial charge in [-0.1, -0.05) is 6.07 Å². The number of hydrogen-bond acceptors (Lipinski definition) is 2. The molecule has 0 aliphatic rings. The number of ether oxygens (including phenoxy) is 1. The van der Waals surface area contributed by atoms with E-state index in [1.54, 1.807) is 6.92 Å². The summed E-state index contributed by atoms with van der Waals surface area (Å²) in [5.74, 6) is -5.75. The molecular formula is C11H12F5NO. The first-order valence-corrected chi connectivity index (χ1v) is 5.08. The Balaban J connectivity index is 2.75. The highest BCUT2D eigenvalue weighted by Gasteiger charge is 2.41. The molecule has 1 unspecified atom stereocenters. The minimum absolute atomic E-state index is 0.434. The smallest absolute Gasteiger partial charge is 0.340 e. The highest BCUT2D eigenvalue weighted by Crippen LogP contribution is 2.26. The molecule has 0 heterocycles. The molecule has 2 nitrogen and oxygen atoms in total. The minimum atomic E-state index is -4.31. The molecule has 2 N–H and O–H groups in total. The van der Waals surface area contributed by atoms with Gasteiger partial charge in [0.2, 0.25) is 0 Å². The van der Waals surface area contributed by atoms with Crippen molar-refractivity contribution in [1.29, 1.82) is 0 Å². The SMILES string of the molecule is CC(N)c1ccc(OCC(F)(F)C(F)F)c(F)c1.